The summed E-state index contributed by atoms with van der Waals surface area (Å²) in [5, 5.41) is 3.96. The first-order valence-electron chi connectivity index (χ1n) is 9.67. The van der Waals surface area contributed by atoms with Crippen molar-refractivity contribution in [3.05, 3.63) is 77.8 Å². The number of nitrogens with zero attached hydrogens (tertiary/aromatic N) is 1. The molecule has 1 atom stereocenters. The summed E-state index contributed by atoms with van der Waals surface area (Å²) in [5.74, 6) is 0.0370. The van der Waals surface area contributed by atoms with E-state index in [4.69, 9.17) is 11.6 Å². The number of benzene rings is 2. The second-order valence-electron chi connectivity index (χ2n) is 7.07. The van der Waals surface area contributed by atoms with Gasteiger partial charge in [-0.2, -0.15) is 0 Å². The quantitative estimate of drug-likeness (QED) is 0.639. The molecule has 0 aliphatic heterocycles. The van der Waals surface area contributed by atoms with Gasteiger partial charge in [0, 0.05) is 23.3 Å². The molecule has 2 aromatic rings. The van der Waals surface area contributed by atoms with Crippen LogP contribution in [-0.4, -0.2) is 18.5 Å². The minimum absolute atomic E-state index is 0.0370. The van der Waals surface area contributed by atoms with Gasteiger partial charge in [-0.3, -0.25) is 4.79 Å². The normalized spacial score (nSPS) is 15.7. The maximum atomic E-state index is 13.4. The molecule has 1 N–H and O–H groups in total. The van der Waals surface area contributed by atoms with E-state index < -0.39 is 6.04 Å². The van der Waals surface area contributed by atoms with E-state index >= 15 is 0 Å². The van der Waals surface area contributed by atoms with Crippen molar-refractivity contribution in [2.75, 3.05) is 11.4 Å². The van der Waals surface area contributed by atoms with E-state index in [9.17, 15) is 4.79 Å². The Labute approximate surface area is 167 Å². The van der Waals surface area contributed by atoms with Gasteiger partial charge in [0.15, 0.2) is 0 Å². The fourth-order valence-corrected chi connectivity index (χ4v) is 3.89. The maximum absolute atomic E-state index is 13.4. The van der Waals surface area contributed by atoms with E-state index in [0.717, 1.165) is 24.1 Å². The monoisotopic (exact) mass is 382 g/mol. The summed E-state index contributed by atoms with van der Waals surface area (Å²) in [6.45, 7) is 4.48. The van der Waals surface area contributed by atoms with E-state index in [1.807, 2.05) is 60.7 Å². The van der Waals surface area contributed by atoms with Gasteiger partial charge in [-0.25, -0.2) is 0 Å². The van der Waals surface area contributed by atoms with Gasteiger partial charge >= 0.3 is 0 Å². The Morgan fingerprint density at radius 1 is 1.11 bits per heavy atom. The molecule has 3 nitrogen and oxygen atoms in total. The standard InChI is InChI=1S/C23H27ClN2O/c1-2-17-26(21-11-7-4-8-12-21)22(18-13-15-19(24)16-14-18)23(27)25-20-9-5-3-6-10-20/h2,4,7-8,11-16,20,22H,1,3,5-6,9-10,17H2,(H,25,27). The number of para-hydroxylation sites is 1. The highest BCUT2D eigenvalue weighted by atomic mass is 35.5. The lowest BCUT2D eigenvalue weighted by Gasteiger charge is -2.34. The fourth-order valence-electron chi connectivity index (χ4n) is 3.76. The van der Waals surface area contributed by atoms with Crippen LogP contribution in [0, 0.1) is 0 Å². The van der Waals surface area contributed by atoms with Gasteiger partial charge in [0.05, 0.1) is 0 Å². The van der Waals surface area contributed by atoms with Gasteiger partial charge in [-0.1, -0.05) is 67.3 Å². The largest absolute Gasteiger partial charge is 0.352 e. The molecular formula is C23H27ClN2O. The van der Waals surface area contributed by atoms with Crippen LogP contribution in [0.5, 0.6) is 0 Å². The van der Waals surface area contributed by atoms with Crippen molar-refractivity contribution in [2.45, 2.75) is 44.2 Å². The average molecular weight is 383 g/mol. The molecule has 1 fully saturated rings. The van der Waals surface area contributed by atoms with Crippen LogP contribution in [0.2, 0.25) is 5.02 Å². The van der Waals surface area contributed by atoms with E-state index in [-0.39, 0.29) is 11.9 Å². The molecule has 4 heteroatoms. The molecular weight excluding hydrogens is 356 g/mol. The molecule has 0 radical (unpaired) electrons. The Kier molecular flexibility index (Phi) is 6.94. The van der Waals surface area contributed by atoms with E-state index in [0.29, 0.717) is 11.6 Å². The van der Waals surface area contributed by atoms with Crippen LogP contribution < -0.4 is 10.2 Å². The molecule has 1 aliphatic carbocycles. The molecule has 1 saturated carbocycles. The minimum atomic E-state index is -0.426. The van der Waals surface area contributed by atoms with Gasteiger partial charge in [0.2, 0.25) is 5.91 Å². The van der Waals surface area contributed by atoms with E-state index in [1.54, 1.807) is 0 Å². The van der Waals surface area contributed by atoms with Crippen LogP contribution in [0.15, 0.2) is 67.3 Å². The Morgan fingerprint density at radius 2 is 1.78 bits per heavy atom. The smallest absolute Gasteiger partial charge is 0.247 e. The predicted octanol–water partition coefficient (Wildman–Crippen LogP) is 5.52. The molecule has 27 heavy (non-hydrogen) atoms. The summed E-state index contributed by atoms with van der Waals surface area (Å²) >= 11 is 6.08. The van der Waals surface area contributed by atoms with Crippen molar-refractivity contribution in [2.24, 2.45) is 0 Å². The highest BCUT2D eigenvalue weighted by Crippen LogP contribution is 2.29. The molecule has 0 heterocycles. The van der Waals surface area contributed by atoms with E-state index in [1.165, 1.54) is 19.3 Å². The fraction of sp³-hybridized carbons (Fsp3) is 0.348. The number of carbonyl (C=O) groups excluding carboxylic acids is 1. The Balaban J connectivity index is 1.93. The third-order valence-electron chi connectivity index (χ3n) is 5.11. The predicted molar refractivity (Wildman–Crippen MR) is 113 cm³/mol. The third-order valence-corrected chi connectivity index (χ3v) is 5.36. The van der Waals surface area contributed by atoms with Crippen LogP contribution in [0.1, 0.15) is 43.7 Å². The average Bonchev–Trinajstić information content (AvgIpc) is 2.70. The number of nitrogens with one attached hydrogen (secondary N) is 1. The van der Waals surface area contributed by atoms with Crippen molar-refractivity contribution in [3.63, 3.8) is 0 Å². The lowest BCUT2D eigenvalue weighted by Crippen LogP contribution is -2.45. The second-order valence-corrected chi connectivity index (χ2v) is 7.51. The molecule has 0 spiro atoms. The number of rotatable bonds is 7. The highest BCUT2D eigenvalue weighted by molar-refractivity contribution is 6.30. The van der Waals surface area contributed by atoms with Crippen molar-refractivity contribution >= 4 is 23.2 Å². The number of hydrogen-bond donors (Lipinski definition) is 1. The molecule has 2 aromatic carbocycles. The molecule has 1 unspecified atom stereocenters. The number of carbonyl (C=O) groups is 1. The van der Waals surface area contributed by atoms with Gasteiger partial charge in [-0.05, 0) is 42.7 Å². The summed E-state index contributed by atoms with van der Waals surface area (Å²) in [7, 11) is 0. The maximum Gasteiger partial charge on any atom is 0.247 e. The summed E-state index contributed by atoms with van der Waals surface area (Å²) in [5.41, 5.74) is 1.93. The SMILES string of the molecule is C=CCN(c1ccccc1)C(C(=O)NC1CCCCC1)c1ccc(Cl)cc1. The molecule has 1 aliphatic rings. The Hall–Kier alpha value is -2.26. The van der Waals surface area contributed by atoms with Crippen LogP contribution >= 0.6 is 11.6 Å². The lowest BCUT2D eigenvalue weighted by atomic mass is 9.94. The van der Waals surface area contributed by atoms with Crippen molar-refractivity contribution in [1.82, 2.24) is 5.32 Å². The zero-order valence-electron chi connectivity index (χ0n) is 15.6. The molecule has 3 rings (SSSR count). The van der Waals surface area contributed by atoms with Crippen molar-refractivity contribution in [3.8, 4) is 0 Å². The molecule has 0 saturated heterocycles. The number of amides is 1. The van der Waals surface area contributed by atoms with Crippen LogP contribution in [0.4, 0.5) is 5.69 Å². The second kappa shape index (κ2) is 9.61. The zero-order valence-corrected chi connectivity index (χ0v) is 16.4. The van der Waals surface area contributed by atoms with Crippen LogP contribution in [0.3, 0.4) is 0 Å². The number of anilines is 1. The summed E-state index contributed by atoms with van der Waals surface area (Å²) in [6, 6.07) is 17.4. The topological polar surface area (TPSA) is 32.3 Å². The van der Waals surface area contributed by atoms with Crippen LogP contribution in [-0.2, 0) is 4.79 Å². The molecule has 1 amide bonds. The third kappa shape index (κ3) is 5.14. The van der Waals surface area contributed by atoms with Gasteiger partial charge in [0.25, 0.3) is 0 Å². The van der Waals surface area contributed by atoms with Crippen LogP contribution in [0.25, 0.3) is 0 Å². The minimum Gasteiger partial charge on any atom is -0.352 e. The first kappa shape index (κ1) is 19.5. The summed E-state index contributed by atoms with van der Waals surface area (Å²) in [6.07, 6.45) is 7.60. The number of halogens is 1. The van der Waals surface area contributed by atoms with Gasteiger partial charge in [-0.15, -0.1) is 6.58 Å². The Morgan fingerprint density at radius 3 is 2.41 bits per heavy atom. The van der Waals surface area contributed by atoms with Crippen molar-refractivity contribution < 1.29 is 4.79 Å². The Bertz CT molecular complexity index is 739. The lowest BCUT2D eigenvalue weighted by molar-refractivity contribution is -0.123. The number of hydrogen-bond acceptors (Lipinski definition) is 2. The van der Waals surface area contributed by atoms with E-state index in [2.05, 4.69) is 16.8 Å². The van der Waals surface area contributed by atoms with Gasteiger partial charge in [0.1, 0.15) is 6.04 Å². The zero-order chi connectivity index (χ0) is 19.1. The molecule has 0 bridgehead atoms. The summed E-state index contributed by atoms with van der Waals surface area (Å²) < 4.78 is 0. The highest BCUT2D eigenvalue weighted by Gasteiger charge is 2.29. The first-order chi connectivity index (χ1) is 13.2. The first-order valence-corrected chi connectivity index (χ1v) is 10.1. The molecule has 0 aromatic heterocycles. The molecule has 142 valence electrons. The van der Waals surface area contributed by atoms with Crippen molar-refractivity contribution in [1.29, 1.82) is 0 Å². The summed E-state index contributed by atoms with van der Waals surface area (Å²) in [4.78, 5) is 15.5. The van der Waals surface area contributed by atoms with Gasteiger partial charge < -0.3 is 10.2 Å².